The lowest BCUT2D eigenvalue weighted by Crippen LogP contribution is -2.44. The number of allylic oxidation sites excluding steroid dienone is 2. The highest BCUT2D eigenvalue weighted by molar-refractivity contribution is 5.65. The van der Waals surface area contributed by atoms with E-state index < -0.39 is 0 Å². The van der Waals surface area contributed by atoms with Crippen LogP contribution in [0.3, 0.4) is 0 Å². The standard InChI is InChI=1S/C20H21/c1-12-15-8-13-9-16(11-15)20(19(12)10-13)18-7-3-5-14-4-2-6-17(14)18/h2-3,5-7,13,15,19-20H,1,4,8-11H2. The van der Waals surface area contributed by atoms with Crippen molar-refractivity contribution < 1.29 is 0 Å². The summed E-state index contributed by atoms with van der Waals surface area (Å²) in [7, 11) is 0. The fraction of sp³-hybridized carbons (Fsp3) is 0.450. The molecule has 0 saturated heterocycles. The maximum atomic E-state index is 4.49. The summed E-state index contributed by atoms with van der Waals surface area (Å²) >= 11 is 0. The first-order valence-electron chi connectivity index (χ1n) is 8.13. The van der Waals surface area contributed by atoms with Gasteiger partial charge < -0.3 is 0 Å². The molecule has 1 aromatic carbocycles. The lowest BCUT2D eigenvalue weighted by atomic mass is 9.49. The van der Waals surface area contributed by atoms with E-state index in [0.29, 0.717) is 5.92 Å². The van der Waals surface area contributed by atoms with Crippen molar-refractivity contribution in [1.29, 1.82) is 0 Å². The van der Waals surface area contributed by atoms with E-state index in [9.17, 15) is 0 Å². The molecule has 0 aliphatic heterocycles. The zero-order chi connectivity index (χ0) is 13.3. The predicted octanol–water partition coefficient (Wildman–Crippen LogP) is 4.92. The first kappa shape index (κ1) is 11.4. The molecule has 0 aromatic heterocycles. The van der Waals surface area contributed by atoms with Crippen LogP contribution in [0, 0.1) is 23.7 Å². The fourth-order valence-electron chi connectivity index (χ4n) is 5.53. The lowest BCUT2D eigenvalue weighted by Gasteiger charge is -2.55. The molecular formula is C20H21. The normalized spacial score (nSPS) is 37.7. The zero-order valence-corrected chi connectivity index (χ0v) is 11.9. The molecule has 6 rings (SSSR count). The van der Waals surface area contributed by atoms with E-state index in [-0.39, 0.29) is 0 Å². The highest BCUT2D eigenvalue weighted by Crippen LogP contribution is 2.63. The molecule has 4 saturated carbocycles. The van der Waals surface area contributed by atoms with Crippen LogP contribution in [-0.4, -0.2) is 0 Å². The Kier molecular flexibility index (Phi) is 2.20. The molecule has 0 heterocycles. The molecule has 0 nitrogen and oxygen atoms in total. The Morgan fingerprint density at radius 2 is 2.05 bits per heavy atom. The molecule has 4 atom stereocenters. The Hall–Kier alpha value is -1.30. The van der Waals surface area contributed by atoms with Gasteiger partial charge in [-0.2, -0.15) is 0 Å². The van der Waals surface area contributed by atoms with Crippen molar-refractivity contribution in [3.8, 4) is 0 Å². The largest absolute Gasteiger partial charge is 0.0993 e. The van der Waals surface area contributed by atoms with Gasteiger partial charge >= 0.3 is 0 Å². The fourth-order valence-corrected chi connectivity index (χ4v) is 5.53. The molecule has 0 N–H and O–H groups in total. The van der Waals surface area contributed by atoms with Gasteiger partial charge in [-0.25, -0.2) is 0 Å². The molecule has 1 aromatic rings. The van der Waals surface area contributed by atoms with E-state index in [4.69, 9.17) is 0 Å². The number of benzene rings is 1. The van der Waals surface area contributed by atoms with Gasteiger partial charge in [-0.1, -0.05) is 42.5 Å². The molecule has 0 amide bonds. The number of hydrogen-bond acceptors (Lipinski definition) is 0. The average molecular weight is 261 g/mol. The Labute approximate surface area is 121 Å². The van der Waals surface area contributed by atoms with Gasteiger partial charge in [-0.15, -0.1) is 0 Å². The SMILES string of the molecule is C=C1C2C[C]3CC(C2)CC1C3c1cccc2c1C=CC2. The van der Waals surface area contributed by atoms with Gasteiger partial charge in [-0.3, -0.25) is 0 Å². The summed E-state index contributed by atoms with van der Waals surface area (Å²) < 4.78 is 0. The molecule has 0 spiro atoms. The maximum absolute atomic E-state index is 4.49. The van der Waals surface area contributed by atoms with Crippen LogP contribution in [0.1, 0.15) is 48.3 Å². The van der Waals surface area contributed by atoms with Crippen molar-refractivity contribution in [2.75, 3.05) is 0 Å². The van der Waals surface area contributed by atoms with Crippen molar-refractivity contribution in [3.63, 3.8) is 0 Å². The van der Waals surface area contributed by atoms with E-state index in [2.05, 4.69) is 36.9 Å². The van der Waals surface area contributed by atoms with E-state index >= 15 is 0 Å². The van der Waals surface area contributed by atoms with Crippen LogP contribution in [0.4, 0.5) is 0 Å². The van der Waals surface area contributed by atoms with Crippen molar-refractivity contribution in [2.24, 2.45) is 17.8 Å². The monoisotopic (exact) mass is 261 g/mol. The molecule has 20 heavy (non-hydrogen) atoms. The van der Waals surface area contributed by atoms with Crippen molar-refractivity contribution >= 4 is 6.08 Å². The van der Waals surface area contributed by atoms with Crippen LogP contribution < -0.4 is 0 Å². The van der Waals surface area contributed by atoms with Crippen molar-refractivity contribution in [2.45, 2.75) is 38.0 Å². The van der Waals surface area contributed by atoms with Crippen LogP contribution in [0.25, 0.3) is 6.08 Å². The number of rotatable bonds is 1. The van der Waals surface area contributed by atoms with Crippen LogP contribution in [0.5, 0.6) is 0 Å². The number of fused-ring (bicyclic) bond motifs is 1. The second kappa shape index (κ2) is 3.87. The van der Waals surface area contributed by atoms with Gasteiger partial charge in [0.25, 0.3) is 0 Å². The molecule has 0 heteroatoms. The lowest BCUT2D eigenvalue weighted by molar-refractivity contribution is 0.132. The molecular weight excluding hydrogens is 240 g/mol. The Morgan fingerprint density at radius 1 is 1.10 bits per heavy atom. The zero-order valence-electron chi connectivity index (χ0n) is 11.9. The van der Waals surface area contributed by atoms with Gasteiger partial charge in [0.1, 0.15) is 0 Å². The maximum Gasteiger partial charge on any atom is -0.00278 e. The van der Waals surface area contributed by atoms with Gasteiger partial charge in [-0.05, 0) is 78.4 Å². The molecule has 101 valence electrons. The molecule has 4 fully saturated rings. The molecule has 5 aliphatic rings. The topological polar surface area (TPSA) is 0 Å². The summed E-state index contributed by atoms with van der Waals surface area (Å²) in [5.41, 5.74) is 6.25. The minimum atomic E-state index is 0.688. The van der Waals surface area contributed by atoms with Gasteiger partial charge in [0, 0.05) is 0 Å². The summed E-state index contributed by atoms with van der Waals surface area (Å²) in [6.07, 6.45) is 11.4. The molecule has 1 radical (unpaired) electrons. The van der Waals surface area contributed by atoms with E-state index in [0.717, 1.165) is 24.2 Å². The molecule has 4 bridgehead atoms. The number of hydrogen-bond donors (Lipinski definition) is 0. The third kappa shape index (κ3) is 1.38. The second-order valence-electron chi connectivity index (χ2n) is 7.29. The summed E-state index contributed by atoms with van der Waals surface area (Å²) in [5, 5.41) is 0. The third-order valence-corrected chi connectivity index (χ3v) is 6.29. The van der Waals surface area contributed by atoms with Crippen LogP contribution in [0.2, 0.25) is 0 Å². The van der Waals surface area contributed by atoms with E-state index in [1.165, 1.54) is 36.8 Å². The molecule has 5 aliphatic carbocycles. The second-order valence-corrected chi connectivity index (χ2v) is 7.29. The smallest absolute Gasteiger partial charge is 0.00278 e. The minimum Gasteiger partial charge on any atom is -0.0993 e. The van der Waals surface area contributed by atoms with E-state index in [1.54, 1.807) is 11.1 Å². The highest BCUT2D eigenvalue weighted by Gasteiger charge is 2.51. The van der Waals surface area contributed by atoms with Crippen molar-refractivity contribution in [1.82, 2.24) is 0 Å². The third-order valence-electron chi connectivity index (χ3n) is 6.29. The first-order valence-corrected chi connectivity index (χ1v) is 8.13. The highest BCUT2D eigenvalue weighted by atomic mass is 14.5. The Balaban J connectivity index is 1.63. The Morgan fingerprint density at radius 3 is 3.00 bits per heavy atom. The minimum absolute atomic E-state index is 0.688. The summed E-state index contributed by atoms with van der Waals surface area (Å²) in [6.45, 7) is 4.49. The first-order chi connectivity index (χ1) is 9.81. The summed E-state index contributed by atoms with van der Waals surface area (Å²) in [6, 6.07) is 6.96. The van der Waals surface area contributed by atoms with Crippen LogP contribution in [-0.2, 0) is 6.42 Å². The van der Waals surface area contributed by atoms with Gasteiger partial charge in [0.05, 0.1) is 0 Å². The van der Waals surface area contributed by atoms with Crippen LogP contribution in [0.15, 0.2) is 36.4 Å². The van der Waals surface area contributed by atoms with Gasteiger partial charge in [0.15, 0.2) is 0 Å². The quantitative estimate of drug-likeness (QED) is 0.629. The average Bonchev–Trinajstić information content (AvgIpc) is 2.93. The van der Waals surface area contributed by atoms with Gasteiger partial charge in [0.2, 0.25) is 0 Å². The summed E-state index contributed by atoms with van der Waals surface area (Å²) in [4.78, 5) is 0. The Bertz CT molecular complexity index is 621. The molecule has 4 unspecified atom stereocenters. The van der Waals surface area contributed by atoms with E-state index in [1.807, 2.05) is 5.92 Å². The summed E-state index contributed by atoms with van der Waals surface area (Å²) in [5.74, 6) is 5.09. The van der Waals surface area contributed by atoms with Crippen LogP contribution >= 0.6 is 0 Å². The van der Waals surface area contributed by atoms with Crippen molar-refractivity contribution in [3.05, 3.63) is 59.0 Å². The predicted molar refractivity (Wildman–Crippen MR) is 83.2 cm³/mol.